The summed E-state index contributed by atoms with van der Waals surface area (Å²) in [4.78, 5) is 22.6. The molecule has 0 aromatic carbocycles. The molecule has 1 N–H and O–H groups in total. The van der Waals surface area contributed by atoms with Crippen molar-refractivity contribution in [2.24, 2.45) is 5.41 Å². The molecule has 0 aliphatic rings. The van der Waals surface area contributed by atoms with Crippen molar-refractivity contribution >= 4 is 22.0 Å². The Morgan fingerprint density at radius 2 is 1.61 bits per heavy atom. The SMILES string of the molecule is CC(COC(=O)/C=C/C(=O)OC(C)C)NS(=O)(=O)CC(C)(C)C. The molecule has 1 unspecified atom stereocenters. The van der Waals surface area contributed by atoms with Crippen molar-refractivity contribution < 1.29 is 27.5 Å². The summed E-state index contributed by atoms with van der Waals surface area (Å²) in [5.41, 5.74) is -0.373. The third kappa shape index (κ3) is 12.8. The van der Waals surface area contributed by atoms with Crippen LogP contribution < -0.4 is 4.72 Å². The number of sulfonamides is 1. The topological polar surface area (TPSA) is 98.8 Å². The number of carbonyl (C=O) groups excluding carboxylic acids is 2. The van der Waals surface area contributed by atoms with Gasteiger partial charge in [0, 0.05) is 12.2 Å². The molecule has 23 heavy (non-hydrogen) atoms. The predicted octanol–water partition coefficient (Wildman–Crippen LogP) is 1.39. The first kappa shape index (κ1) is 21.6. The predicted molar refractivity (Wildman–Crippen MR) is 87.2 cm³/mol. The van der Waals surface area contributed by atoms with E-state index in [0.717, 1.165) is 12.2 Å². The molecule has 0 aromatic rings. The van der Waals surface area contributed by atoms with Crippen LogP contribution in [0.4, 0.5) is 0 Å². The van der Waals surface area contributed by atoms with Gasteiger partial charge in [-0.25, -0.2) is 22.7 Å². The van der Waals surface area contributed by atoms with Gasteiger partial charge in [0.1, 0.15) is 6.61 Å². The van der Waals surface area contributed by atoms with E-state index in [0.29, 0.717) is 0 Å². The van der Waals surface area contributed by atoms with Crippen LogP contribution in [0.2, 0.25) is 0 Å². The van der Waals surface area contributed by atoms with Gasteiger partial charge in [-0.1, -0.05) is 20.8 Å². The van der Waals surface area contributed by atoms with Crippen LogP contribution in [0.1, 0.15) is 41.5 Å². The Labute approximate surface area is 138 Å². The zero-order valence-electron chi connectivity index (χ0n) is 14.6. The van der Waals surface area contributed by atoms with E-state index in [-0.39, 0.29) is 23.9 Å². The zero-order chi connectivity index (χ0) is 18.3. The van der Waals surface area contributed by atoms with Crippen LogP contribution in [0.15, 0.2) is 12.2 Å². The molecule has 0 radical (unpaired) electrons. The number of rotatable bonds is 8. The van der Waals surface area contributed by atoms with Gasteiger partial charge in [-0.3, -0.25) is 0 Å². The van der Waals surface area contributed by atoms with Crippen LogP contribution in [0, 0.1) is 5.41 Å². The third-order valence-corrected chi connectivity index (χ3v) is 4.19. The minimum Gasteiger partial charge on any atom is -0.461 e. The van der Waals surface area contributed by atoms with Gasteiger partial charge in [0.25, 0.3) is 0 Å². The molecule has 0 amide bonds. The minimum atomic E-state index is -3.46. The second-order valence-electron chi connectivity index (χ2n) is 6.79. The van der Waals surface area contributed by atoms with Crippen molar-refractivity contribution in [2.75, 3.05) is 12.4 Å². The summed E-state index contributed by atoms with van der Waals surface area (Å²) in [5, 5.41) is 0. The zero-order valence-corrected chi connectivity index (χ0v) is 15.4. The lowest BCUT2D eigenvalue weighted by Gasteiger charge is -2.20. The molecule has 1 atom stereocenters. The summed E-state index contributed by atoms with van der Waals surface area (Å²) in [6.07, 6.45) is 1.64. The summed E-state index contributed by atoms with van der Waals surface area (Å²) >= 11 is 0. The monoisotopic (exact) mass is 349 g/mol. The molecule has 0 saturated heterocycles. The molecular formula is C15H27NO6S. The van der Waals surface area contributed by atoms with E-state index in [2.05, 4.69) is 4.72 Å². The van der Waals surface area contributed by atoms with E-state index < -0.39 is 28.0 Å². The maximum atomic E-state index is 11.9. The molecule has 134 valence electrons. The summed E-state index contributed by atoms with van der Waals surface area (Å²) in [5.74, 6) is -1.41. The smallest absolute Gasteiger partial charge is 0.331 e. The van der Waals surface area contributed by atoms with Gasteiger partial charge in [0.05, 0.1) is 17.9 Å². The summed E-state index contributed by atoms with van der Waals surface area (Å²) in [6.45, 7) is 10.3. The maximum Gasteiger partial charge on any atom is 0.331 e. The van der Waals surface area contributed by atoms with Crippen LogP contribution in [-0.2, 0) is 29.1 Å². The Morgan fingerprint density at radius 3 is 2.09 bits per heavy atom. The molecule has 0 aromatic heterocycles. The van der Waals surface area contributed by atoms with Gasteiger partial charge < -0.3 is 9.47 Å². The highest BCUT2D eigenvalue weighted by molar-refractivity contribution is 7.89. The van der Waals surface area contributed by atoms with Crippen molar-refractivity contribution in [3.05, 3.63) is 12.2 Å². The standard InChI is InChI=1S/C15H27NO6S/c1-11(2)22-14(18)8-7-13(17)21-9-12(3)16-23(19,20)10-15(4,5)6/h7-8,11-12,16H,9-10H2,1-6H3/b8-7+. The molecule has 0 aliphatic heterocycles. The van der Waals surface area contributed by atoms with Gasteiger partial charge in [-0.2, -0.15) is 0 Å². The number of ether oxygens (including phenoxy) is 2. The molecule has 0 aliphatic carbocycles. The largest absolute Gasteiger partial charge is 0.461 e. The lowest BCUT2D eigenvalue weighted by Crippen LogP contribution is -2.40. The molecule has 0 rings (SSSR count). The normalized spacial score (nSPS) is 14.0. The van der Waals surface area contributed by atoms with Crippen molar-refractivity contribution in [3.63, 3.8) is 0 Å². The van der Waals surface area contributed by atoms with Crippen LogP contribution in [0.5, 0.6) is 0 Å². The molecule has 8 heteroatoms. The van der Waals surface area contributed by atoms with Crippen LogP contribution >= 0.6 is 0 Å². The molecule has 0 saturated carbocycles. The van der Waals surface area contributed by atoms with Gasteiger partial charge in [0.15, 0.2) is 0 Å². The van der Waals surface area contributed by atoms with Gasteiger partial charge in [0.2, 0.25) is 10.0 Å². The van der Waals surface area contributed by atoms with E-state index in [1.54, 1.807) is 20.8 Å². The fourth-order valence-corrected chi connectivity index (χ4v) is 3.52. The Balaban J connectivity index is 4.29. The number of esters is 2. The molecular weight excluding hydrogens is 322 g/mol. The third-order valence-electron chi connectivity index (χ3n) is 2.19. The number of nitrogens with one attached hydrogen (secondary N) is 1. The first-order chi connectivity index (χ1) is 10.3. The van der Waals surface area contributed by atoms with E-state index in [9.17, 15) is 18.0 Å². The Morgan fingerprint density at radius 1 is 1.09 bits per heavy atom. The molecule has 0 heterocycles. The van der Waals surface area contributed by atoms with Gasteiger partial charge >= 0.3 is 11.9 Å². The van der Waals surface area contributed by atoms with Crippen molar-refractivity contribution in [3.8, 4) is 0 Å². The van der Waals surface area contributed by atoms with Gasteiger partial charge in [-0.15, -0.1) is 0 Å². The average Bonchev–Trinajstić information content (AvgIpc) is 2.29. The van der Waals surface area contributed by atoms with E-state index >= 15 is 0 Å². The number of hydrogen-bond donors (Lipinski definition) is 1. The molecule has 0 fully saturated rings. The lowest BCUT2D eigenvalue weighted by molar-refractivity contribution is -0.143. The Hall–Kier alpha value is -1.41. The van der Waals surface area contributed by atoms with Crippen molar-refractivity contribution in [2.45, 2.75) is 53.7 Å². The minimum absolute atomic E-state index is 0.0285. The van der Waals surface area contributed by atoms with Crippen molar-refractivity contribution in [1.29, 1.82) is 0 Å². The van der Waals surface area contributed by atoms with E-state index in [1.807, 2.05) is 20.8 Å². The Kier molecular flexibility index (Phi) is 8.47. The fraction of sp³-hybridized carbons (Fsp3) is 0.733. The number of carbonyl (C=O) groups is 2. The number of hydrogen-bond acceptors (Lipinski definition) is 6. The highest BCUT2D eigenvalue weighted by atomic mass is 32.2. The molecule has 0 bridgehead atoms. The average molecular weight is 349 g/mol. The highest BCUT2D eigenvalue weighted by Crippen LogP contribution is 2.15. The summed E-state index contributed by atoms with van der Waals surface area (Å²) < 4.78 is 35.9. The maximum absolute atomic E-state index is 11.9. The van der Waals surface area contributed by atoms with Crippen LogP contribution in [-0.4, -0.2) is 44.9 Å². The van der Waals surface area contributed by atoms with Crippen LogP contribution in [0.3, 0.4) is 0 Å². The highest BCUT2D eigenvalue weighted by Gasteiger charge is 2.23. The molecule has 7 nitrogen and oxygen atoms in total. The van der Waals surface area contributed by atoms with E-state index in [4.69, 9.17) is 9.47 Å². The van der Waals surface area contributed by atoms with Crippen LogP contribution in [0.25, 0.3) is 0 Å². The summed E-state index contributed by atoms with van der Waals surface area (Å²) in [6, 6.07) is -0.567. The Bertz CT molecular complexity index is 531. The lowest BCUT2D eigenvalue weighted by atomic mass is 10.0. The molecule has 0 spiro atoms. The summed E-state index contributed by atoms with van der Waals surface area (Å²) in [7, 11) is -3.46. The first-order valence-electron chi connectivity index (χ1n) is 7.36. The first-order valence-corrected chi connectivity index (χ1v) is 9.01. The quantitative estimate of drug-likeness (QED) is 0.525. The fourth-order valence-electron chi connectivity index (χ4n) is 1.62. The second kappa shape index (κ2) is 9.02. The second-order valence-corrected chi connectivity index (χ2v) is 8.54. The van der Waals surface area contributed by atoms with E-state index in [1.165, 1.54) is 0 Å². The van der Waals surface area contributed by atoms with Crippen molar-refractivity contribution in [1.82, 2.24) is 4.72 Å². The van der Waals surface area contributed by atoms with Gasteiger partial charge in [-0.05, 0) is 26.2 Å².